The fourth-order valence-electron chi connectivity index (χ4n) is 2.09. The van der Waals surface area contributed by atoms with Gasteiger partial charge in [0, 0.05) is 11.5 Å². The fraction of sp³-hybridized carbons (Fsp3) is 0.278. The zero-order valence-corrected chi connectivity index (χ0v) is 12.3. The lowest BCUT2D eigenvalue weighted by atomic mass is 9.96. The van der Waals surface area contributed by atoms with Gasteiger partial charge in [0.2, 0.25) is 0 Å². The minimum absolute atomic E-state index is 0.00249. The molecule has 0 fully saturated rings. The second kappa shape index (κ2) is 7.04. The molecular weight excluding hydrogens is 264 g/mol. The lowest BCUT2D eigenvalue weighted by Crippen LogP contribution is -2.23. The van der Waals surface area contributed by atoms with Crippen molar-refractivity contribution >= 4 is 5.78 Å². The van der Waals surface area contributed by atoms with Crippen LogP contribution in [0.25, 0.3) is 0 Å². The number of aliphatic hydroxyl groups is 1. The predicted octanol–water partition coefficient (Wildman–Crippen LogP) is 3.43. The van der Waals surface area contributed by atoms with Gasteiger partial charge in [-0.3, -0.25) is 4.79 Å². The third-order valence-electron chi connectivity index (χ3n) is 3.58. The van der Waals surface area contributed by atoms with Crippen molar-refractivity contribution in [2.24, 2.45) is 0 Å². The monoisotopic (exact) mass is 284 g/mol. The fourth-order valence-corrected chi connectivity index (χ4v) is 2.09. The summed E-state index contributed by atoms with van der Waals surface area (Å²) >= 11 is 0. The SMILES string of the molecule is CC(=O)c1ccc(OCC(O)C(C)c2ccccc2)cc1. The van der Waals surface area contributed by atoms with Crippen LogP contribution in [0.15, 0.2) is 54.6 Å². The number of hydrogen-bond acceptors (Lipinski definition) is 3. The van der Waals surface area contributed by atoms with Crippen molar-refractivity contribution in [3.8, 4) is 5.75 Å². The van der Waals surface area contributed by atoms with E-state index in [1.165, 1.54) is 6.92 Å². The molecule has 0 saturated heterocycles. The predicted molar refractivity (Wildman–Crippen MR) is 82.8 cm³/mol. The highest BCUT2D eigenvalue weighted by Gasteiger charge is 2.16. The number of rotatable bonds is 6. The molecule has 0 bridgehead atoms. The van der Waals surface area contributed by atoms with Gasteiger partial charge >= 0.3 is 0 Å². The van der Waals surface area contributed by atoms with E-state index >= 15 is 0 Å². The maximum atomic E-state index is 11.2. The second-order valence-corrected chi connectivity index (χ2v) is 5.16. The number of carbonyl (C=O) groups is 1. The normalized spacial score (nSPS) is 13.5. The van der Waals surface area contributed by atoms with Crippen molar-refractivity contribution < 1.29 is 14.6 Å². The number of hydrogen-bond donors (Lipinski definition) is 1. The molecule has 2 unspecified atom stereocenters. The number of benzene rings is 2. The zero-order valence-electron chi connectivity index (χ0n) is 12.3. The van der Waals surface area contributed by atoms with Crippen molar-refractivity contribution in [2.75, 3.05) is 6.61 Å². The van der Waals surface area contributed by atoms with Gasteiger partial charge < -0.3 is 9.84 Å². The Hall–Kier alpha value is -2.13. The van der Waals surface area contributed by atoms with Crippen LogP contribution in [-0.4, -0.2) is 23.6 Å². The number of carbonyl (C=O) groups excluding carboxylic acids is 1. The van der Waals surface area contributed by atoms with Crippen LogP contribution >= 0.6 is 0 Å². The molecule has 0 saturated carbocycles. The molecule has 2 aromatic carbocycles. The van der Waals surface area contributed by atoms with Gasteiger partial charge in [0.25, 0.3) is 0 Å². The Labute approximate surface area is 125 Å². The van der Waals surface area contributed by atoms with E-state index in [-0.39, 0.29) is 18.3 Å². The molecule has 1 N–H and O–H groups in total. The van der Waals surface area contributed by atoms with Gasteiger partial charge in [0.1, 0.15) is 12.4 Å². The van der Waals surface area contributed by atoms with Gasteiger partial charge in [0.05, 0.1) is 6.10 Å². The van der Waals surface area contributed by atoms with Crippen molar-refractivity contribution in [3.63, 3.8) is 0 Å². The summed E-state index contributed by atoms with van der Waals surface area (Å²) in [5, 5.41) is 10.2. The summed E-state index contributed by atoms with van der Waals surface area (Å²) in [6, 6.07) is 16.8. The van der Waals surface area contributed by atoms with Gasteiger partial charge in [-0.25, -0.2) is 0 Å². The molecular formula is C18H20O3. The lowest BCUT2D eigenvalue weighted by molar-refractivity contribution is 0.0883. The lowest BCUT2D eigenvalue weighted by Gasteiger charge is -2.19. The summed E-state index contributed by atoms with van der Waals surface area (Å²) in [7, 11) is 0. The Morgan fingerprint density at radius 3 is 2.29 bits per heavy atom. The van der Waals surface area contributed by atoms with Crippen LogP contribution in [0, 0.1) is 0 Å². The maximum absolute atomic E-state index is 11.2. The van der Waals surface area contributed by atoms with E-state index in [2.05, 4.69) is 0 Å². The third kappa shape index (κ3) is 4.17. The number of ether oxygens (including phenoxy) is 1. The van der Waals surface area contributed by atoms with Crippen LogP contribution in [0.1, 0.15) is 35.7 Å². The number of Topliss-reactive ketones (excluding diaryl/α,β-unsaturated/α-hetero) is 1. The first-order valence-electron chi connectivity index (χ1n) is 7.04. The Morgan fingerprint density at radius 2 is 1.71 bits per heavy atom. The molecule has 0 amide bonds. The minimum atomic E-state index is -0.583. The quantitative estimate of drug-likeness (QED) is 0.827. The van der Waals surface area contributed by atoms with E-state index in [0.29, 0.717) is 11.3 Å². The molecule has 21 heavy (non-hydrogen) atoms. The molecule has 3 nitrogen and oxygen atoms in total. The average Bonchev–Trinajstić information content (AvgIpc) is 2.53. The molecule has 2 aromatic rings. The summed E-state index contributed by atoms with van der Waals surface area (Å²) in [6.07, 6.45) is -0.583. The summed E-state index contributed by atoms with van der Waals surface area (Å²) in [5.74, 6) is 0.682. The number of aliphatic hydroxyl groups excluding tert-OH is 1. The summed E-state index contributed by atoms with van der Waals surface area (Å²) in [6.45, 7) is 3.72. The van der Waals surface area contributed by atoms with Crippen LogP contribution in [0.4, 0.5) is 0 Å². The van der Waals surface area contributed by atoms with Crippen LogP contribution < -0.4 is 4.74 Å². The molecule has 0 spiro atoms. The molecule has 110 valence electrons. The largest absolute Gasteiger partial charge is 0.491 e. The first kappa shape index (κ1) is 15.3. The Bertz CT molecular complexity index is 575. The molecule has 0 aliphatic heterocycles. The van der Waals surface area contributed by atoms with Crippen molar-refractivity contribution in [3.05, 3.63) is 65.7 Å². The van der Waals surface area contributed by atoms with Gasteiger partial charge in [0.15, 0.2) is 5.78 Å². The molecule has 0 aromatic heterocycles. The zero-order chi connectivity index (χ0) is 15.2. The molecule has 3 heteroatoms. The Morgan fingerprint density at radius 1 is 1.10 bits per heavy atom. The molecule has 0 aliphatic rings. The van der Waals surface area contributed by atoms with Crippen LogP contribution in [-0.2, 0) is 0 Å². The highest BCUT2D eigenvalue weighted by molar-refractivity contribution is 5.94. The second-order valence-electron chi connectivity index (χ2n) is 5.16. The van der Waals surface area contributed by atoms with E-state index in [9.17, 15) is 9.90 Å². The topological polar surface area (TPSA) is 46.5 Å². The Kier molecular flexibility index (Phi) is 5.12. The van der Waals surface area contributed by atoms with Crippen molar-refractivity contribution in [1.29, 1.82) is 0 Å². The molecule has 2 atom stereocenters. The number of ketones is 1. The van der Waals surface area contributed by atoms with Crippen LogP contribution in [0.3, 0.4) is 0 Å². The van der Waals surface area contributed by atoms with Gasteiger partial charge in [-0.05, 0) is 36.8 Å². The van der Waals surface area contributed by atoms with Gasteiger partial charge in [-0.2, -0.15) is 0 Å². The van der Waals surface area contributed by atoms with Crippen molar-refractivity contribution in [1.82, 2.24) is 0 Å². The maximum Gasteiger partial charge on any atom is 0.159 e. The minimum Gasteiger partial charge on any atom is -0.491 e. The van der Waals surface area contributed by atoms with Gasteiger partial charge in [-0.15, -0.1) is 0 Å². The van der Waals surface area contributed by atoms with E-state index in [0.717, 1.165) is 5.56 Å². The average molecular weight is 284 g/mol. The molecule has 0 radical (unpaired) electrons. The highest BCUT2D eigenvalue weighted by atomic mass is 16.5. The smallest absolute Gasteiger partial charge is 0.159 e. The van der Waals surface area contributed by atoms with E-state index in [1.807, 2.05) is 37.3 Å². The molecule has 2 rings (SSSR count). The van der Waals surface area contributed by atoms with Crippen LogP contribution in [0.5, 0.6) is 5.75 Å². The standard InChI is InChI=1S/C18H20O3/c1-13(15-6-4-3-5-7-15)18(20)12-21-17-10-8-16(9-11-17)14(2)19/h3-11,13,18,20H,12H2,1-2H3. The van der Waals surface area contributed by atoms with Gasteiger partial charge in [-0.1, -0.05) is 37.3 Å². The van der Waals surface area contributed by atoms with E-state index < -0.39 is 6.10 Å². The van der Waals surface area contributed by atoms with Crippen LogP contribution in [0.2, 0.25) is 0 Å². The summed E-state index contributed by atoms with van der Waals surface area (Å²) < 4.78 is 5.58. The molecule has 0 aliphatic carbocycles. The first-order valence-corrected chi connectivity index (χ1v) is 7.04. The highest BCUT2D eigenvalue weighted by Crippen LogP contribution is 2.20. The van der Waals surface area contributed by atoms with E-state index in [4.69, 9.17) is 4.74 Å². The molecule has 0 heterocycles. The Balaban J connectivity index is 1.91. The summed E-state index contributed by atoms with van der Waals surface area (Å²) in [5.41, 5.74) is 1.74. The van der Waals surface area contributed by atoms with Crippen molar-refractivity contribution in [2.45, 2.75) is 25.9 Å². The third-order valence-corrected chi connectivity index (χ3v) is 3.58. The van der Waals surface area contributed by atoms with E-state index in [1.54, 1.807) is 24.3 Å². The summed E-state index contributed by atoms with van der Waals surface area (Å²) in [4.78, 5) is 11.2. The first-order chi connectivity index (χ1) is 10.1.